The Morgan fingerprint density at radius 1 is 1.16 bits per heavy atom. The smallest absolute Gasteiger partial charge is 0.338 e. The molecule has 1 heterocycles. The summed E-state index contributed by atoms with van der Waals surface area (Å²) in [5.74, 6) is -0.448. The minimum Gasteiger partial charge on any atom is -0.494 e. The summed E-state index contributed by atoms with van der Waals surface area (Å²) < 4.78 is 10.6. The highest BCUT2D eigenvalue weighted by molar-refractivity contribution is 5.98. The molecule has 1 aliphatic heterocycles. The molecule has 7 nitrogen and oxygen atoms in total. The van der Waals surface area contributed by atoms with E-state index >= 15 is 0 Å². The lowest BCUT2D eigenvalue weighted by molar-refractivity contribution is -0.130. The number of nitrogens with zero attached hydrogens (tertiary/aromatic N) is 1. The molecular formula is C18H24N2O5. The van der Waals surface area contributed by atoms with E-state index in [1.807, 2.05) is 0 Å². The van der Waals surface area contributed by atoms with Crippen molar-refractivity contribution in [2.24, 2.45) is 0 Å². The number of carbonyl (C=O) groups excluding carboxylic acids is 3. The van der Waals surface area contributed by atoms with Gasteiger partial charge in [-0.05, 0) is 30.7 Å². The van der Waals surface area contributed by atoms with Crippen molar-refractivity contribution in [3.8, 4) is 5.75 Å². The molecule has 0 bridgehead atoms. The van der Waals surface area contributed by atoms with Crippen LogP contribution in [0.25, 0.3) is 0 Å². The third kappa shape index (κ3) is 5.77. The van der Waals surface area contributed by atoms with Gasteiger partial charge in [-0.3, -0.25) is 9.69 Å². The molecule has 0 atom stereocenters. The van der Waals surface area contributed by atoms with E-state index in [2.05, 4.69) is 12.2 Å². The predicted molar refractivity (Wildman–Crippen MR) is 91.5 cm³/mol. The van der Waals surface area contributed by atoms with Crippen molar-refractivity contribution in [2.45, 2.75) is 32.6 Å². The van der Waals surface area contributed by atoms with Crippen LogP contribution in [0.15, 0.2) is 24.3 Å². The molecule has 0 spiro atoms. The van der Waals surface area contributed by atoms with Crippen LogP contribution in [0, 0.1) is 0 Å². The maximum absolute atomic E-state index is 12.0. The molecule has 0 saturated carbocycles. The SMILES string of the molecule is CCCCCCOc1ccc(C(=O)OCC(=O)N2CCNC2=O)cc1. The number of ether oxygens (including phenoxy) is 2. The average molecular weight is 348 g/mol. The molecule has 0 unspecified atom stereocenters. The Morgan fingerprint density at radius 2 is 1.92 bits per heavy atom. The fourth-order valence-electron chi connectivity index (χ4n) is 2.40. The second-order valence-corrected chi connectivity index (χ2v) is 5.79. The first-order valence-electron chi connectivity index (χ1n) is 8.60. The van der Waals surface area contributed by atoms with Gasteiger partial charge in [0, 0.05) is 13.1 Å². The van der Waals surface area contributed by atoms with E-state index in [-0.39, 0.29) is 0 Å². The number of rotatable bonds is 9. The monoisotopic (exact) mass is 348 g/mol. The summed E-state index contributed by atoms with van der Waals surface area (Å²) in [4.78, 5) is 36.1. The van der Waals surface area contributed by atoms with E-state index in [9.17, 15) is 14.4 Å². The molecule has 1 N–H and O–H groups in total. The van der Waals surface area contributed by atoms with Crippen molar-refractivity contribution in [2.75, 3.05) is 26.3 Å². The van der Waals surface area contributed by atoms with Crippen LogP contribution in [0.5, 0.6) is 5.75 Å². The molecule has 1 aromatic carbocycles. The second-order valence-electron chi connectivity index (χ2n) is 5.79. The van der Waals surface area contributed by atoms with Gasteiger partial charge in [0.25, 0.3) is 5.91 Å². The topological polar surface area (TPSA) is 84.9 Å². The van der Waals surface area contributed by atoms with Crippen molar-refractivity contribution < 1.29 is 23.9 Å². The van der Waals surface area contributed by atoms with Gasteiger partial charge in [0.05, 0.1) is 12.2 Å². The summed E-state index contributed by atoms with van der Waals surface area (Å²) in [5, 5.41) is 2.52. The molecule has 2 rings (SSSR count). The number of carbonyl (C=O) groups is 3. The molecule has 1 aromatic rings. The summed E-state index contributed by atoms with van der Waals surface area (Å²) in [7, 11) is 0. The Morgan fingerprint density at radius 3 is 2.56 bits per heavy atom. The first-order valence-corrected chi connectivity index (χ1v) is 8.60. The van der Waals surface area contributed by atoms with Gasteiger partial charge in [0.2, 0.25) is 0 Å². The molecule has 25 heavy (non-hydrogen) atoms. The zero-order valence-electron chi connectivity index (χ0n) is 14.5. The molecule has 0 radical (unpaired) electrons. The summed E-state index contributed by atoms with van der Waals surface area (Å²) in [6.45, 7) is 3.06. The minimum atomic E-state index is -0.609. The van der Waals surface area contributed by atoms with Gasteiger partial charge < -0.3 is 14.8 Å². The number of esters is 1. The Bertz CT molecular complexity index is 600. The molecule has 1 aliphatic rings. The van der Waals surface area contributed by atoms with Crippen molar-refractivity contribution in [3.63, 3.8) is 0 Å². The van der Waals surface area contributed by atoms with Crippen LogP contribution in [0.1, 0.15) is 43.0 Å². The molecule has 7 heteroatoms. The zero-order chi connectivity index (χ0) is 18.1. The Kier molecular flexibility index (Phi) is 7.25. The number of urea groups is 1. The number of nitrogens with one attached hydrogen (secondary N) is 1. The van der Waals surface area contributed by atoms with Crippen LogP contribution >= 0.6 is 0 Å². The molecule has 3 amide bonds. The summed E-state index contributed by atoms with van der Waals surface area (Å²) >= 11 is 0. The Hall–Kier alpha value is -2.57. The first-order chi connectivity index (χ1) is 12.1. The lowest BCUT2D eigenvalue weighted by atomic mass is 10.2. The molecule has 0 aromatic heterocycles. The van der Waals surface area contributed by atoms with Crippen molar-refractivity contribution in [3.05, 3.63) is 29.8 Å². The first kappa shape index (κ1) is 18.8. The van der Waals surface area contributed by atoms with E-state index in [1.165, 1.54) is 12.8 Å². The van der Waals surface area contributed by atoms with Gasteiger partial charge in [-0.15, -0.1) is 0 Å². The fraction of sp³-hybridized carbons (Fsp3) is 0.500. The largest absolute Gasteiger partial charge is 0.494 e. The van der Waals surface area contributed by atoms with Crippen molar-refractivity contribution in [1.82, 2.24) is 10.2 Å². The highest BCUT2D eigenvalue weighted by atomic mass is 16.5. The normalized spacial score (nSPS) is 13.5. The minimum absolute atomic E-state index is 0.291. The van der Waals surface area contributed by atoms with Crippen LogP contribution < -0.4 is 10.1 Å². The van der Waals surface area contributed by atoms with Crippen LogP contribution in [0.2, 0.25) is 0 Å². The third-order valence-electron chi connectivity index (χ3n) is 3.84. The lowest BCUT2D eigenvalue weighted by Crippen LogP contribution is -2.37. The van der Waals surface area contributed by atoms with E-state index in [1.54, 1.807) is 24.3 Å². The summed E-state index contributed by atoms with van der Waals surface area (Å²) in [6, 6.07) is 6.13. The zero-order valence-corrected chi connectivity index (χ0v) is 14.5. The molecular weight excluding hydrogens is 324 g/mol. The van der Waals surface area contributed by atoms with E-state index in [0.717, 1.165) is 17.7 Å². The number of benzene rings is 1. The lowest BCUT2D eigenvalue weighted by Gasteiger charge is -2.12. The van der Waals surface area contributed by atoms with E-state index in [0.29, 0.717) is 31.0 Å². The van der Waals surface area contributed by atoms with Gasteiger partial charge in [-0.1, -0.05) is 26.2 Å². The molecule has 0 aliphatic carbocycles. The van der Waals surface area contributed by atoms with Gasteiger partial charge in [-0.2, -0.15) is 0 Å². The van der Waals surface area contributed by atoms with Crippen molar-refractivity contribution in [1.29, 1.82) is 0 Å². The van der Waals surface area contributed by atoms with Crippen LogP contribution in [0.4, 0.5) is 4.79 Å². The fourth-order valence-corrected chi connectivity index (χ4v) is 2.40. The van der Waals surface area contributed by atoms with Gasteiger partial charge in [0.15, 0.2) is 6.61 Å². The van der Waals surface area contributed by atoms with Gasteiger partial charge in [-0.25, -0.2) is 9.59 Å². The quantitative estimate of drug-likeness (QED) is 0.547. The highest BCUT2D eigenvalue weighted by Gasteiger charge is 2.26. The standard InChI is InChI=1S/C18H24N2O5/c1-2-3-4-5-12-24-15-8-6-14(7-9-15)17(22)25-13-16(21)20-11-10-19-18(20)23/h6-9H,2-5,10-13H2,1H3,(H,19,23). The Balaban J connectivity index is 1.74. The molecule has 1 fully saturated rings. The average Bonchev–Trinajstić information content (AvgIpc) is 3.06. The highest BCUT2D eigenvalue weighted by Crippen LogP contribution is 2.14. The number of hydrogen-bond donors (Lipinski definition) is 1. The maximum Gasteiger partial charge on any atom is 0.338 e. The van der Waals surface area contributed by atoms with Gasteiger partial charge in [0.1, 0.15) is 5.75 Å². The van der Waals surface area contributed by atoms with E-state index in [4.69, 9.17) is 9.47 Å². The number of hydrogen-bond acceptors (Lipinski definition) is 5. The van der Waals surface area contributed by atoms with Crippen LogP contribution in [-0.4, -0.2) is 49.1 Å². The Labute approximate surface area is 147 Å². The molecule has 136 valence electrons. The number of unbranched alkanes of at least 4 members (excludes halogenated alkanes) is 3. The van der Waals surface area contributed by atoms with Crippen molar-refractivity contribution >= 4 is 17.9 Å². The predicted octanol–water partition coefficient (Wildman–Crippen LogP) is 2.35. The second kappa shape index (κ2) is 9.66. The number of imide groups is 1. The molecule has 1 saturated heterocycles. The maximum atomic E-state index is 12.0. The van der Waals surface area contributed by atoms with Crippen LogP contribution in [0.3, 0.4) is 0 Å². The van der Waals surface area contributed by atoms with Gasteiger partial charge >= 0.3 is 12.0 Å². The third-order valence-corrected chi connectivity index (χ3v) is 3.84. The number of amides is 3. The van der Waals surface area contributed by atoms with E-state index < -0.39 is 24.5 Å². The summed E-state index contributed by atoms with van der Waals surface area (Å²) in [5.41, 5.74) is 0.331. The summed E-state index contributed by atoms with van der Waals surface area (Å²) in [6.07, 6.45) is 4.53. The van der Waals surface area contributed by atoms with Crippen LogP contribution in [-0.2, 0) is 9.53 Å².